The van der Waals surface area contributed by atoms with Gasteiger partial charge in [-0.25, -0.2) is 4.39 Å². The Hall–Kier alpha value is -2.37. The molecule has 1 amide bonds. The van der Waals surface area contributed by atoms with Gasteiger partial charge in [0.2, 0.25) is 0 Å². The second-order valence-corrected chi connectivity index (χ2v) is 7.36. The fourth-order valence-electron chi connectivity index (χ4n) is 3.65. The van der Waals surface area contributed by atoms with E-state index in [0.717, 1.165) is 41.1 Å². The van der Waals surface area contributed by atoms with E-state index in [9.17, 15) is 9.18 Å². The SMILES string of the molecule is Cn1c(C(=O)N2CCN(Cc3ccccc3Cl)CC2)cc2ccc(F)cc21. The first-order valence-corrected chi connectivity index (χ1v) is 9.41. The normalized spacial score (nSPS) is 15.4. The van der Waals surface area contributed by atoms with Crippen LogP contribution in [-0.4, -0.2) is 46.5 Å². The minimum absolute atomic E-state index is 0.00787. The van der Waals surface area contributed by atoms with Gasteiger partial charge in [-0.2, -0.15) is 0 Å². The molecule has 6 heteroatoms. The summed E-state index contributed by atoms with van der Waals surface area (Å²) in [5.74, 6) is -0.303. The van der Waals surface area contributed by atoms with E-state index in [1.54, 1.807) is 10.6 Å². The average molecular weight is 386 g/mol. The van der Waals surface area contributed by atoms with E-state index in [1.807, 2.05) is 42.3 Å². The van der Waals surface area contributed by atoms with Crippen LogP contribution in [0.2, 0.25) is 5.02 Å². The van der Waals surface area contributed by atoms with Gasteiger partial charge in [-0.05, 0) is 35.9 Å². The third-order valence-corrected chi connectivity index (χ3v) is 5.61. The van der Waals surface area contributed by atoms with Crippen molar-refractivity contribution in [1.29, 1.82) is 0 Å². The second-order valence-electron chi connectivity index (χ2n) is 6.95. The zero-order valence-corrected chi connectivity index (χ0v) is 15.9. The van der Waals surface area contributed by atoms with Crippen LogP contribution >= 0.6 is 11.6 Å². The fraction of sp³-hybridized carbons (Fsp3) is 0.286. The van der Waals surface area contributed by atoms with Crippen molar-refractivity contribution in [2.75, 3.05) is 26.2 Å². The molecule has 1 aliphatic heterocycles. The summed E-state index contributed by atoms with van der Waals surface area (Å²) in [5.41, 5.74) is 2.43. The molecule has 0 radical (unpaired) electrons. The van der Waals surface area contributed by atoms with Crippen LogP contribution in [0, 0.1) is 5.82 Å². The van der Waals surface area contributed by atoms with Crippen molar-refractivity contribution < 1.29 is 9.18 Å². The molecule has 1 saturated heterocycles. The van der Waals surface area contributed by atoms with E-state index < -0.39 is 0 Å². The predicted molar refractivity (Wildman–Crippen MR) is 106 cm³/mol. The first kappa shape index (κ1) is 18.0. The Morgan fingerprint density at radius 3 is 2.56 bits per heavy atom. The Balaban J connectivity index is 1.44. The number of nitrogens with zero attached hydrogens (tertiary/aromatic N) is 3. The van der Waals surface area contributed by atoms with Crippen molar-refractivity contribution in [1.82, 2.24) is 14.4 Å². The van der Waals surface area contributed by atoms with Gasteiger partial charge in [0.1, 0.15) is 11.5 Å². The highest BCUT2D eigenvalue weighted by Gasteiger charge is 2.25. The number of aromatic nitrogens is 1. The first-order chi connectivity index (χ1) is 13.0. The van der Waals surface area contributed by atoms with Crippen molar-refractivity contribution in [3.05, 3.63) is 70.6 Å². The summed E-state index contributed by atoms with van der Waals surface area (Å²) in [6.45, 7) is 3.72. The number of benzene rings is 2. The zero-order chi connectivity index (χ0) is 19.0. The predicted octanol–water partition coefficient (Wildman–Crippen LogP) is 3.93. The van der Waals surface area contributed by atoms with Crippen molar-refractivity contribution in [2.45, 2.75) is 6.54 Å². The minimum atomic E-state index is -0.295. The van der Waals surface area contributed by atoms with E-state index in [-0.39, 0.29) is 11.7 Å². The highest BCUT2D eigenvalue weighted by atomic mass is 35.5. The van der Waals surface area contributed by atoms with E-state index in [0.29, 0.717) is 18.8 Å². The number of piperazine rings is 1. The standard InChI is InChI=1S/C21H21ClFN3O/c1-24-19-13-17(23)7-6-15(19)12-20(24)21(27)26-10-8-25(9-11-26)14-16-4-2-3-5-18(16)22/h2-7,12-13H,8-11,14H2,1H3. The Labute approximate surface area is 162 Å². The monoisotopic (exact) mass is 385 g/mol. The Bertz CT molecular complexity index is 992. The molecule has 0 N–H and O–H groups in total. The van der Waals surface area contributed by atoms with Crippen LogP contribution in [0.15, 0.2) is 48.5 Å². The highest BCUT2D eigenvalue weighted by molar-refractivity contribution is 6.31. The maximum atomic E-state index is 13.5. The van der Waals surface area contributed by atoms with Gasteiger partial charge in [0.25, 0.3) is 5.91 Å². The summed E-state index contributed by atoms with van der Waals surface area (Å²) < 4.78 is 15.3. The lowest BCUT2D eigenvalue weighted by Gasteiger charge is -2.35. The molecular formula is C21H21ClFN3O. The number of hydrogen-bond acceptors (Lipinski definition) is 2. The second kappa shape index (κ2) is 7.33. The molecule has 0 aliphatic carbocycles. The van der Waals surface area contributed by atoms with Crippen LogP contribution in [-0.2, 0) is 13.6 Å². The maximum Gasteiger partial charge on any atom is 0.270 e. The summed E-state index contributed by atoms with van der Waals surface area (Å²) in [4.78, 5) is 17.1. The van der Waals surface area contributed by atoms with Crippen LogP contribution in [0.3, 0.4) is 0 Å². The number of aryl methyl sites for hydroxylation is 1. The van der Waals surface area contributed by atoms with E-state index in [1.165, 1.54) is 12.1 Å². The number of carbonyl (C=O) groups excluding carboxylic acids is 1. The van der Waals surface area contributed by atoms with Crippen molar-refractivity contribution in [3.63, 3.8) is 0 Å². The van der Waals surface area contributed by atoms with Gasteiger partial charge in [-0.15, -0.1) is 0 Å². The number of carbonyl (C=O) groups is 1. The van der Waals surface area contributed by atoms with Gasteiger partial charge in [-0.1, -0.05) is 29.8 Å². The third-order valence-electron chi connectivity index (χ3n) is 5.24. The average Bonchev–Trinajstić information content (AvgIpc) is 3.00. The van der Waals surface area contributed by atoms with Crippen molar-refractivity contribution in [3.8, 4) is 0 Å². The quantitative estimate of drug-likeness (QED) is 0.683. The van der Waals surface area contributed by atoms with Crippen molar-refractivity contribution in [2.24, 2.45) is 7.05 Å². The van der Waals surface area contributed by atoms with Gasteiger partial charge in [0.05, 0.1) is 5.52 Å². The molecule has 0 atom stereocenters. The summed E-state index contributed by atoms with van der Waals surface area (Å²) in [6, 6.07) is 14.3. The molecule has 0 bridgehead atoms. The van der Waals surface area contributed by atoms with Gasteiger partial charge >= 0.3 is 0 Å². The first-order valence-electron chi connectivity index (χ1n) is 9.03. The van der Waals surface area contributed by atoms with Crippen LogP contribution in [0.1, 0.15) is 16.1 Å². The Morgan fingerprint density at radius 1 is 1.07 bits per heavy atom. The molecule has 2 aromatic carbocycles. The summed E-state index contributed by atoms with van der Waals surface area (Å²) in [7, 11) is 1.81. The zero-order valence-electron chi connectivity index (χ0n) is 15.2. The molecule has 0 unspecified atom stereocenters. The molecule has 0 spiro atoms. The largest absolute Gasteiger partial charge is 0.340 e. The van der Waals surface area contributed by atoms with Gasteiger partial charge in [-0.3, -0.25) is 9.69 Å². The summed E-state index contributed by atoms with van der Waals surface area (Å²) in [6.07, 6.45) is 0. The summed E-state index contributed by atoms with van der Waals surface area (Å²) in [5, 5.41) is 1.65. The lowest BCUT2D eigenvalue weighted by Crippen LogP contribution is -2.48. The van der Waals surface area contributed by atoms with E-state index in [2.05, 4.69) is 4.90 Å². The van der Waals surface area contributed by atoms with Gasteiger partial charge in [0.15, 0.2) is 0 Å². The van der Waals surface area contributed by atoms with Gasteiger partial charge < -0.3 is 9.47 Å². The fourth-order valence-corrected chi connectivity index (χ4v) is 3.84. The molecule has 0 saturated carbocycles. The number of fused-ring (bicyclic) bond motifs is 1. The Kier molecular flexibility index (Phi) is 4.89. The van der Waals surface area contributed by atoms with Crippen molar-refractivity contribution >= 4 is 28.4 Å². The smallest absolute Gasteiger partial charge is 0.270 e. The van der Waals surface area contributed by atoms with E-state index >= 15 is 0 Å². The van der Waals surface area contributed by atoms with Crippen LogP contribution < -0.4 is 0 Å². The molecule has 4 rings (SSSR count). The number of amides is 1. The molecule has 140 valence electrons. The van der Waals surface area contributed by atoms with Gasteiger partial charge in [0, 0.05) is 50.2 Å². The molecular weight excluding hydrogens is 365 g/mol. The maximum absolute atomic E-state index is 13.5. The molecule has 27 heavy (non-hydrogen) atoms. The third kappa shape index (κ3) is 3.57. The van der Waals surface area contributed by atoms with Crippen LogP contribution in [0.5, 0.6) is 0 Å². The number of hydrogen-bond donors (Lipinski definition) is 0. The molecule has 2 heterocycles. The minimum Gasteiger partial charge on any atom is -0.340 e. The number of rotatable bonds is 3. The molecule has 3 aromatic rings. The molecule has 4 nitrogen and oxygen atoms in total. The highest BCUT2D eigenvalue weighted by Crippen LogP contribution is 2.22. The molecule has 1 aliphatic rings. The summed E-state index contributed by atoms with van der Waals surface area (Å²) >= 11 is 6.25. The lowest BCUT2D eigenvalue weighted by atomic mass is 10.2. The lowest BCUT2D eigenvalue weighted by molar-refractivity contribution is 0.0619. The topological polar surface area (TPSA) is 28.5 Å². The van der Waals surface area contributed by atoms with Crippen LogP contribution in [0.25, 0.3) is 10.9 Å². The molecule has 1 aromatic heterocycles. The Morgan fingerprint density at radius 2 is 1.81 bits per heavy atom. The van der Waals surface area contributed by atoms with Crippen LogP contribution in [0.4, 0.5) is 4.39 Å². The number of halogens is 2. The molecule has 1 fully saturated rings. The van der Waals surface area contributed by atoms with E-state index in [4.69, 9.17) is 11.6 Å².